The van der Waals surface area contributed by atoms with Gasteiger partial charge < -0.3 is 19.9 Å². The van der Waals surface area contributed by atoms with Gasteiger partial charge in [-0.05, 0) is 102 Å². The van der Waals surface area contributed by atoms with Crippen molar-refractivity contribution in [3.63, 3.8) is 0 Å². The number of pyridine rings is 1. The molecule has 0 aliphatic heterocycles. The Morgan fingerprint density at radius 2 is 1.77 bits per heavy atom. The number of carbonyl (C=O) groups is 1. The van der Waals surface area contributed by atoms with Crippen LogP contribution >= 0.6 is 11.6 Å². The molecule has 0 saturated heterocycles. The molecule has 0 radical (unpaired) electrons. The number of aromatic nitrogens is 2. The Labute approximate surface area is 262 Å². The Kier molecular flexibility index (Phi) is 10.9. The number of nitrogens with zero attached hydrogens (tertiary/aromatic N) is 4. The van der Waals surface area contributed by atoms with Gasteiger partial charge in [0.1, 0.15) is 6.73 Å². The lowest BCUT2D eigenvalue weighted by Crippen LogP contribution is -2.42. The molecule has 0 unspecified atom stereocenters. The smallest absolute Gasteiger partial charge is 0.275 e. The first-order chi connectivity index (χ1) is 20.3. The number of aryl methyl sites for hydroxylation is 1. The van der Waals surface area contributed by atoms with Crippen LogP contribution in [0.2, 0.25) is 30.7 Å². The topological polar surface area (TPSA) is 71.2 Å². The number of hydrogen-bond donors (Lipinski definition) is 1. The summed E-state index contributed by atoms with van der Waals surface area (Å²) < 4.78 is 9.35. The first-order valence-electron chi connectivity index (χ1n) is 15.6. The largest absolute Gasteiger partial charge is 0.369 e. The van der Waals surface area contributed by atoms with Crippen molar-refractivity contribution in [3.8, 4) is 0 Å². The van der Waals surface area contributed by atoms with Crippen LogP contribution in [0, 0.1) is 13.8 Å². The van der Waals surface area contributed by atoms with Gasteiger partial charge in [0.05, 0.1) is 5.52 Å². The van der Waals surface area contributed by atoms with Crippen LogP contribution in [0.15, 0.2) is 35.3 Å². The fourth-order valence-electron chi connectivity index (χ4n) is 6.22. The molecule has 2 heterocycles. The Morgan fingerprint density at radius 3 is 2.40 bits per heavy atom. The highest BCUT2D eigenvalue weighted by molar-refractivity contribution is 6.76. The zero-order chi connectivity index (χ0) is 31.5. The average Bonchev–Trinajstić information content (AvgIpc) is 3.35. The number of hydrogen-bond acceptors (Lipinski definition) is 5. The van der Waals surface area contributed by atoms with Gasteiger partial charge in [0.2, 0.25) is 0 Å². The molecular weight excluding hydrogens is 578 g/mol. The van der Waals surface area contributed by atoms with E-state index in [0.29, 0.717) is 41.6 Å². The molecule has 4 rings (SSSR count). The molecule has 1 saturated carbocycles. The second kappa shape index (κ2) is 14.0. The fourth-order valence-corrected chi connectivity index (χ4v) is 7.19. The summed E-state index contributed by atoms with van der Waals surface area (Å²) in [6.45, 7) is 15.0. The Morgan fingerprint density at radius 1 is 1.09 bits per heavy atom. The minimum Gasteiger partial charge on any atom is -0.369 e. The molecule has 2 aromatic heterocycles. The van der Waals surface area contributed by atoms with Gasteiger partial charge in [-0.3, -0.25) is 14.3 Å². The number of carbonyl (C=O) groups excluding carboxylic acids is 1. The number of halogens is 1. The highest BCUT2D eigenvalue weighted by Crippen LogP contribution is 2.34. The molecule has 236 valence electrons. The van der Waals surface area contributed by atoms with E-state index < -0.39 is 8.07 Å². The molecule has 0 bridgehead atoms. The molecule has 1 fully saturated rings. The van der Waals surface area contributed by atoms with E-state index in [4.69, 9.17) is 16.3 Å². The third-order valence-corrected chi connectivity index (χ3v) is 10.9. The van der Waals surface area contributed by atoms with Gasteiger partial charge in [0.15, 0.2) is 0 Å². The number of amides is 1. The lowest BCUT2D eigenvalue weighted by molar-refractivity contribution is 0.0751. The van der Waals surface area contributed by atoms with Crippen molar-refractivity contribution in [2.75, 3.05) is 32.1 Å². The monoisotopic (exact) mass is 627 g/mol. The lowest BCUT2D eigenvalue weighted by atomic mass is 9.89. The van der Waals surface area contributed by atoms with Crippen LogP contribution in [0.4, 0.5) is 5.69 Å². The second-order valence-electron chi connectivity index (χ2n) is 13.4. The van der Waals surface area contributed by atoms with Gasteiger partial charge in [-0.15, -0.1) is 0 Å². The molecule has 1 amide bonds. The summed E-state index contributed by atoms with van der Waals surface area (Å²) >= 11 is 6.61. The summed E-state index contributed by atoms with van der Waals surface area (Å²) in [4.78, 5) is 31.9. The fraction of sp³-hybridized carbons (Fsp3) is 0.576. The van der Waals surface area contributed by atoms with Crippen molar-refractivity contribution in [1.29, 1.82) is 0 Å². The summed E-state index contributed by atoms with van der Waals surface area (Å²) in [5, 5.41) is 3.56. The summed E-state index contributed by atoms with van der Waals surface area (Å²) in [5.41, 5.74) is 4.52. The first kappa shape index (κ1) is 33.3. The van der Waals surface area contributed by atoms with E-state index in [1.165, 1.54) is 0 Å². The van der Waals surface area contributed by atoms with E-state index in [2.05, 4.69) is 55.8 Å². The third kappa shape index (κ3) is 7.93. The van der Waals surface area contributed by atoms with E-state index in [-0.39, 0.29) is 18.0 Å². The number of benzene rings is 1. The quantitative estimate of drug-likeness (QED) is 0.188. The van der Waals surface area contributed by atoms with E-state index in [9.17, 15) is 9.59 Å². The number of ether oxygens (including phenoxy) is 1. The maximum Gasteiger partial charge on any atom is 0.275 e. The molecule has 0 spiro atoms. The summed E-state index contributed by atoms with van der Waals surface area (Å²) in [6.07, 6.45) is 6.42. The summed E-state index contributed by atoms with van der Waals surface area (Å²) in [5.74, 6) is -0.234. The Bertz CT molecular complexity index is 1480. The summed E-state index contributed by atoms with van der Waals surface area (Å²) in [6, 6.07) is 9.72. The van der Waals surface area contributed by atoms with Crippen LogP contribution in [0.5, 0.6) is 0 Å². The van der Waals surface area contributed by atoms with Crippen LogP contribution in [0.25, 0.3) is 5.52 Å². The molecule has 1 aliphatic carbocycles. The molecule has 0 atom stereocenters. The third-order valence-electron chi connectivity index (χ3n) is 8.93. The van der Waals surface area contributed by atoms with Crippen molar-refractivity contribution in [2.24, 2.45) is 0 Å². The van der Waals surface area contributed by atoms with Gasteiger partial charge in [-0.25, -0.2) is 4.52 Å². The second-order valence-corrected chi connectivity index (χ2v) is 19.5. The standard InChI is InChI=1S/C33H50ClN5O3Si/c1-9-38(27-12-10-26(11-13-27)36(4)5)31-20-25(34)19-29(24(31)3)32(40)35-21-30-23(2)18-28-14-15-37(39(28)33(30)41)22-42-16-17-43(6,7)8/h14-15,18-20,26-27H,9-13,16-17,21-22H2,1-8H3,(H,35,40). The SMILES string of the molecule is CCN(c1cc(Cl)cc(C(=O)NCc2c(C)cc3ccn(COCC[Si](C)(C)C)n3c2=O)c1C)C1CCC(N(C)C)CC1. The number of rotatable bonds is 12. The molecule has 10 heteroatoms. The van der Waals surface area contributed by atoms with Gasteiger partial charge in [-0.2, -0.15) is 0 Å². The molecule has 1 aromatic carbocycles. The Hall–Kier alpha value is -2.59. The van der Waals surface area contributed by atoms with Crippen LogP contribution in [-0.4, -0.2) is 67.4 Å². The minimum atomic E-state index is -1.20. The number of fused-ring (bicyclic) bond motifs is 1. The lowest BCUT2D eigenvalue weighted by Gasteiger charge is -2.40. The van der Waals surface area contributed by atoms with Gasteiger partial charge in [0.25, 0.3) is 11.5 Å². The molecule has 1 N–H and O–H groups in total. The molecular formula is C33H50ClN5O3Si. The maximum absolute atomic E-state index is 13.6. The zero-order valence-corrected chi connectivity index (χ0v) is 29.1. The predicted molar refractivity (Wildman–Crippen MR) is 181 cm³/mol. The Balaban J connectivity index is 1.51. The van der Waals surface area contributed by atoms with Gasteiger partial charge >= 0.3 is 0 Å². The van der Waals surface area contributed by atoms with Crippen LogP contribution < -0.4 is 15.8 Å². The highest BCUT2D eigenvalue weighted by Gasteiger charge is 2.28. The number of nitrogens with one attached hydrogen (secondary N) is 1. The first-order valence-corrected chi connectivity index (χ1v) is 19.7. The highest BCUT2D eigenvalue weighted by atomic mass is 35.5. The van der Waals surface area contributed by atoms with E-state index >= 15 is 0 Å². The van der Waals surface area contributed by atoms with Crippen molar-refractivity contribution in [1.82, 2.24) is 19.4 Å². The van der Waals surface area contributed by atoms with E-state index in [1.54, 1.807) is 15.3 Å². The van der Waals surface area contributed by atoms with E-state index in [1.807, 2.05) is 38.2 Å². The minimum absolute atomic E-state index is 0.126. The van der Waals surface area contributed by atoms with Crippen LogP contribution in [0.1, 0.15) is 59.7 Å². The predicted octanol–water partition coefficient (Wildman–Crippen LogP) is 6.31. The number of anilines is 1. The zero-order valence-electron chi connectivity index (χ0n) is 27.3. The normalized spacial score (nSPS) is 17.5. The van der Waals surface area contributed by atoms with Crippen molar-refractivity contribution in [3.05, 3.63) is 68.1 Å². The molecule has 8 nitrogen and oxygen atoms in total. The molecule has 43 heavy (non-hydrogen) atoms. The van der Waals surface area contributed by atoms with E-state index in [0.717, 1.165) is 60.6 Å². The molecule has 3 aromatic rings. The molecule has 1 aliphatic rings. The van der Waals surface area contributed by atoms with Crippen molar-refractivity contribution >= 4 is 36.8 Å². The van der Waals surface area contributed by atoms with Gasteiger partial charge in [-0.1, -0.05) is 31.2 Å². The van der Waals surface area contributed by atoms with Crippen molar-refractivity contribution in [2.45, 2.75) is 97.5 Å². The van der Waals surface area contributed by atoms with Crippen LogP contribution in [-0.2, 0) is 18.0 Å². The average molecular weight is 628 g/mol. The maximum atomic E-state index is 13.6. The van der Waals surface area contributed by atoms with Crippen LogP contribution in [0.3, 0.4) is 0 Å². The summed E-state index contributed by atoms with van der Waals surface area (Å²) in [7, 11) is 3.11. The van der Waals surface area contributed by atoms with Gasteiger partial charge in [0, 0.05) is 67.9 Å². The van der Waals surface area contributed by atoms with Crippen molar-refractivity contribution < 1.29 is 9.53 Å².